The van der Waals surface area contributed by atoms with Gasteiger partial charge in [-0.05, 0) is 135 Å². The number of methoxy groups -OCH3 is 4. The molecule has 14 atom stereocenters. The monoisotopic (exact) mass is 1740 g/mol. The summed E-state index contributed by atoms with van der Waals surface area (Å²) in [6, 6.07) is 10.3. The van der Waals surface area contributed by atoms with Crippen LogP contribution in [0.2, 0.25) is 0 Å². The zero-order valence-electron chi connectivity index (χ0n) is 71.2. The van der Waals surface area contributed by atoms with Crippen LogP contribution < -0.4 is 63.3 Å². The fourth-order valence-electron chi connectivity index (χ4n) is 22.0. The van der Waals surface area contributed by atoms with Gasteiger partial charge in [0.05, 0.1) is 75.2 Å². The number of benzene rings is 6. The molecule has 6 aromatic carbocycles. The van der Waals surface area contributed by atoms with Crippen LogP contribution >= 0.6 is 23.5 Å². The molecule has 28 nitrogen and oxygen atoms in total. The first-order valence-corrected chi connectivity index (χ1v) is 45.2. The summed E-state index contributed by atoms with van der Waals surface area (Å²) in [5.74, 6) is 2.37. The van der Waals surface area contributed by atoms with Crippen LogP contribution in [0.5, 0.6) is 80.5 Å². The summed E-state index contributed by atoms with van der Waals surface area (Å²) in [5, 5.41) is 78.3. The van der Waals surface area contributed by atoms with E-state index in [1.165, 1.54) is 44.9 Å². The second kappa shape index (κ2) is 35.4. The van der Waals surface area contributed by atoms with E-state index in [0.29, 0.717) is 160 Å². The molecule has 14 aliphatic rings. The van der Waals surface area contributed by atoms with Crippen molar-refractivity contribution in [3.05, 3.63) is 138 Å². The van der Waals surface area contributed by atoms with Crippen LogP contribution in [0.15, 0.2) is 49.1 Å². The zero-order chi connectivity index (χ0) is 86.4. The zero-order valence-corrected chi connectivity index (χ0v) is 72.9. The van der Waals surface area contributed by atoms with Gasteiger partial charge in [-0.25, -0.2) is 9.59 Å². The van der Waals surface area contributed by atoms with E-state index in [1.54, 1.807) is 31.4 Å². The van der Waals surface area contributed by atoms with Gasteiger partial charge in [-0.1, -0.05) is 90.8 Å². The predicted molar refractivity (Wildman–Crippen MR) is 463 cm³/mol. The van der Waals surface area contributed by atoms with E-state index in [0.717, 1.165) is 84.7 Å². The Morgan fingerprint density at radius 1 is 0.565 bits per heavy atom. The molecule has 2 unspecified atom stereocenters. The van der Waals surface area contributed by atoms with Crippen LogP contribution in [0, 0.1) is 50.4 Å². The van der Waals surface area contributed by atoms with Crippen molar-refractivity contribution in [2.75, 3.05) is 86.4 Å². The Kier molecular flexibility index (Phi) is 25.0. The number of fused-ring (bicyclic) bond motifs is 18. The average molecular weight is 1740 g/mol. The maximum absolute atomic E-state index is 15.0. The number of esters is 4. The molecule has 0 radical (unpaired) electrons. The fraction of sp³-hybridized carbons (Fsp3) is 0.532. The molecule has 7 N–H and O–H groups in total. The van der Waals surface area contributed by atoms with Crippen molar-refractivity contribution in [3.63, 3.8) is 0 Å². The van der Waals surface area contributed by atoms with E-state index >= 15 is 0 Å². The first-order chi connectivity index (χ1) is 59.6. The van der Waals surface area contributed by atoms with Crippen LogP contribution in [-0.2, 0) is 65.4 Å². The highest BCUT2D eigenvalue weighted by atomic mass is 32.2. The Labute approximate surface area is 731 Å². The molecule has 660 valence electrons. The summed E-state index contributed by atoms with van der Waals surface area (Å²) in [6.07, 6.45) is 14.0. The van der Waals surface area contributed by atoms with Gasteiger partial charge in [0.25, 0.3) is 0 Å². The number of phenols is 4. The Hall–Kier alpha value is -10.0. The number of hydrogen-bond acceptors (Lipinski definition) is 30. The van der Waals surface area contributed by atoms with Gasteiger partial charge >= 0.3 is 23.9 Å². The van der Waals surface area contributed by atoms with E-state index in [1.807, 2.05) is 39.8 Å². The first kappa shape index (κ1) is 87.5. The molecule has 30 heteroatoms. The third-order valence-corrected chi connectivity index (χ3v) is 30.4. The SMILES string of the molecule is C.C=CCN1[C@@H]2c3c(cc(C)c(OC)c3O)C[C@H]1[C@H](C#N)N1C2[C@@H]2SC[C@]3(NCCc4cc(O)c(OC)cc43)C(=O)OC[C@H]1c1c3c(c(C)c(OC(=O)CCCCCCC)c12)OCO3.CCCCCCCC(=O)Oc1c(C)c2c(c3c1[C@H]1SC[C@]4(NCCc5cc(O)c(OC)cc54)C(=O)OC[C@@H]3N3C1[C@@H]1N[C@@H](Cc4cc(C)c(OC)c(O)c41)[C@@H]3C#N)OCO2. The summed E-state index contributed by atoms with van der Waals surface area (Å²) >= 11 is 2.99. The minimum atomic E-state index is -1.39. The van der Waals surface area contributed by atoms with E-state index in [2.05, 4.69) is 69.3 Å². The Balaban J connectivity index is 0.000000182. The van der Waals surface area contributed by atoms with Crippen molar-refractivity contribution >= 4 is 47.4 Å². The largest absolute Gasteiger partial charge is 0.504 e. The molecule has 4 fully saturated rings. The van der Waals surface area contributed by atoms with Crippen molar-refractivity contribution < 1.29 is 96.4 Å². The van der Waals surface area contributed by atoms with E-state index in [-0.39, 0.29) is 117 Å². The van der Waals surface area contributed by atoms with Crippen molar-refractivity contribution in [2.45, 2.75) is 234 Å². The molecular formula is C94H112N8O20S2. The topological polar surface area (TPSA) is 353 Å². The summed E-state index contributed by atoms with van der Waals surface area (Å²) in [7, 11) is 6.03. The summed E-state index contributed by atoms with van der Waals surface area (Å²) in [4.78, 5) is 64.4. The quantitative estimate of drug-likeness (QED) is 0.0162. The molecule has 0 saturated carbocycles. The summed E-state index contributed by atoms with van der Waals surface area (Å²) in [5.41, 5.74) is 8.87. The number of thioether (sulfide) groups is 2. The molecule has 0 aromatic heterocycles. The Morgan fingerprint density at radius 2 is 1.02 bits per heavy atom. The van der Waals surface area contributed by atoms with Gasteiger partial charge in [0.2, 0.25) is 13.6 Å². The van der Waals surface area contributed by atoms with Crippen molar-refractivity contribution in [2.24, 2.45) is 0 Å². The van der Waals surface area contributed by atoms with Crippen LogP contribution in [0.1, 0.15) is 222 Å². The van der Waals surface area contributed by atoms with Gasteiger partial charge in [-0.3, -0.25) is 34.9 Å². The predicted octanol–water partition coefficient (Wildman–Crippen LogP) is 13.5. The second-order valence-corrected chi connectivity index (χ2v) is 36.4. The number of piperazine rings is 2. The third kappa shape index (κ3) is 14.3. The molecule has 2 spiro atoms. The number of nitriles is 2. The van der Waals surface area contributed by atoms with E-state index in [9.17, 15) is 50.1 Å². The highest BCUT2D eigenvalue weighted by molar-refractivity contribution is 7.99. The molecular weight excluding hydrogens is 1630 g/mol. The normalized spacial score (nSPS) is 26.7. The number of carbonyl (C=O) groups is 4. The molecule has 124 heavy (non-hydrogen) atoms. The lowest BCUT2D eigenvalue weighted by atomic mass is 9.71. The molecule has 6 aromatic rings. The number of unbranched alkanes of at least 4 members (excludes halogenated alkanes) is 8. The Bertz CT molecular complexity index is 5340. The number of aromatic hydroxyl groups is 4. The molecule has 14 heterocycles. The van der Waals surface area contributed by atoms with E-state index < -0.39 is 81.9 Å². The Morgan fingerprint density at radius 3 is 1.49 bits per heavy atom. The van der Waals surface area contributed by atoms with Crippen LogP contribution in [0.25, 0.3) is 0 Å². The lowest BCUT2D eigenvalue weighted by Crippen LogP contribution is -2.70. The number of ether oxygens (including phenoxy) is 12. The van der Waals surface area contributed by atoms with Gasteiger partial charge < -0.3 is 82.6 Å². The highest BCUT2D eigenvalue weighted by Crippen LogP contribution is 2.68. The minimum Gasteiger partial charge on any atom is -0.504 e. The van der Waals surface area contributed by atoms with Crippen LogP contribution in [0.4, 0.5) is 0 Å². The minimum absolute atomic E-state index is 0. The fourth-order valence-corrected chi connectivity index (χ4v) is 25.4. The number of nitrogens with zero attached hydrogens (tertiary/aromatic N) is 5. The number of phenolic OH excluding ortho intramolecular Hbond substituents is 4. The van der Waals surface area contributed by atoms with Crippen LogP contribution in [-0.4, -0.2) is 182 Å². The highest BCUT2D eigenvalue weighted by Gasteiger charge is 2.65. The molecule has 14 aliphatic heterocycles. The standard InChI is InChI=1S/C48H56N4O10S.C45H52N4O10S.CH4/c1-7-9-10-11-12-13-35(54)62-43-26(4)44-45(61-24-60-44)37-32-22-59-47(56)48(29-20-34(57-5)33(53)19-27(29)14-15-50-48)23-63-46(38(37)43)40-39-36-28(17-25(3)42(58-6)41(36)55)18-30(51(39)16-8-2)31(21-49)52(32)40;1-6-7-8-9-10-11-32(51)59-40-23(3)41-42(58-21-57-41)34-29-19-56-44(53)45(26-17-31(54-4)30(50)16-24(26)12-13-47-45)20-60-43(35(34)40)37-36-33-25(14-22(2)39(55-5)38(33)52)15-27(48-36)28(18-46)49(29)37;/h8,17,19-20,30-32,39-40,46,50,53,55H,2,7,9-16,18,22-24H2,1,3-6H3;14,16-17,27-29,36-37,43,47-48,50,52H,6-13,15,19-21H2,1-5H3;1H4/t30-,31-,32-,39+,40?,46+,48+;27-,28-,29-,36+,37?,43+,45+;/m00./s1. The second-order valence-electron chi connectivity index (χ2n) is 34.2. The van der Waals surface area contributed by atoms with Crippen LogP contribution in [0.3, 0.4) is 0 Å². The number of hydrogen-bond donors (Lipinski definition) is 7. The van der Waals surface area contributed by atoms with Crippen molar-refractivity contribution in [3.8, 4) is 92.6 Å². The lowest BCUT2D eigenvalue weighted by Gasteiger charge is -2.62. The number of aryl methyl sites for hydroxylation is 2. The first-order valence-electron chi connectivity index (χ1n) is 43.1. The van der Waals surface area contributed by atoms with Crippen molar-refractivity contribution in [1.82, 2.24) is 30.7 Å². The molecule has 4 saturated heterocycles. The molecule has 0 amide bonds. The number of carbonyl (C=O) groups excluding carboxylic acids is 4. The smallest absolute Gasteiger partial charge is 0.331 e. The average Bonchev–Trinajstić information content (AvgIpc) is 0.864. The third-order valence-electron chi connectivity index (χ3n) is 27.4. The number of nitrogens with one attached hydrogen (secondary N) is 3. The molecule has 20 rings (SSSR count). The molecule has 8 bridgehead atoms. The van der Waals surface area contributed by atoms with E-state index in [4.69, 9.17) is 56.8 Å². The summed E-state index contributed by atoms with van der Waals surface area (Å²) < 4.78 is 73.8. The van der Waals surface area contributed by atoms with Crippen molar-refractivity contribution in [1.29, 1.82) is 10.5 Å². The molecule has 0 aliphatic carbocycles. The number of rotatable bonds is 20. The van der Waals surface area contributed by atoms with Gasteiger partial charge in [0.1, 0.15) is 36.8 Å². The van der Waals surface area contributed by atoms with Gasteiger partial charge in [-0.2, -0.15) is 10.5 Å². The van der Waals surface area contributed by atoms with Gasteiger partial charge in [0.15, 0.2) is 80.1 Å². The van der Waals surface area contributed by atoms with Gasteiger partial charge in [-0.15, -0.1) is 30.1 Å². The maximum Gasteiger partial charge on any atom is 0.331 e. The maximum atomic E-state index is 15.0. The van der Waals surface area contributed by atoms with Gasteiger partial charge in [0, 0.05) is 113 Å². The summed E-state index contributed by atoms with van der Waals surface area (Å²) in [6.45, 7) is 16.8. The lowest BCUT2D eigenvalue weighted by molar-refractivity contribution is -0.157.